The SMILES string of the molecule is CN=C1C(N2CCCC2)=CC=CC1C(=O)OCCc1ccccc1. The molecule has 0 bridgehead atoms. The van der Waals surface area contributed by atoms with Crippen LogP contribution in [0.5, 0.6) is 0 Å². The molecule has 1 aromatic rings. The molecule has 1 aliphatic heterocycles. The van der Waals surface area contributed by atoms with E-state index in [1.54, 1.807) is 7.05 Å². The molecule has 1 aromatic carbocycles. The molecule has 4 nitrogen and oxygen atoms in total. The first-order valence-electron chi connectivity index (χ1n) is 8.60. The van der Waals surface area contributed by atoms with Crippen molar-refractivity contribution in [2.45, 2.75) is 19.3 Å². The number of ether oxygens (including phenoxy) is 1. The Hall–Kier alpha value is -2.36. The van der Waals surface area contributed by atoms with Crippen molar-refractivity contribution in [2.75, 3.05) is 26.7 Å². The highest BCUT2D eigenvalue weighted by Gasteiger charge is 2.30. The fourth-order valence-corrected chi connectivity index (χ4v) is 3.27. The van der Waals surface area contributed by atoms with Crippen molar-refractivity contribution in [2.24, 2.45) is 10.9 Å². The summed E-state index contributed by atoms with van der Waals surface area (Å²) in [6, 6.07) is 10.1. The molecule has 0 N–H and O–H groups in total. The summed E-state index contributed by atoms with van der Waals surface area (Å²) in [6.45, 7) is 2.47. The van der Waals surface area contributed by atoms with Crippen LogP contribution in [-0.2, 0) is 16.0 Å². The predicted octanol–water partition coefficient (Wildman–Crippen LogP) is 3.01. The number of carbonyl (C=O) groups is 1. The van der Waals surface area contributed by atoms with E-state index in [1.807, 2.05) is 42.5 Å². The minimum atomic E-state index is -0.397. The predicted molar refractivity (Wildman–Crippen MR) is 96.0 cm³/mol. The zero-order valence-electron chi connectivity index (χ0n) is 14.1. The summed E-state index contributed by atoms with van der Waals surface area (Å²) >= 11 is 0. The molecule has 0 amide bonds. The van der Waals surface area contributed by atoms with E-state index < -0.39 is 5.92 Å². The minimum absolute atomic E-state index is 0.215. The Kier molecular flexibility index (Phi) is 5.47. The maximum absolute atomic E-state index is 12.5. The highest BCUT2D eigenvalue weighted by atomic mass is 16.5. The van der Waals surface area contributed by atoms with Gasteiger partial charge in [-0.1, -0.05) is 42.5 Å². The number of allylic oxidation sites excluding steroid dienone is 3. The topological polar surface area (TPSA) is 41.9 Å². The summed E-state index contributed by atoms with van der Waals surface area (Å²) in [5.41, 5.74) is 3.07. The number of rotatable bonds is 5. The second-order valence-electron chi connectivity index (χ2n) is 6.12. The number of carbonyl (C=O) groups excluding carboxylic acids is 1. The van der Waals surface area contributed by atoms with Crippen molar-refractivity contribution in [3.63, 3.8) is 0 Å². The van der Waals surface area contributed by atoms with Gasteiger partial charge in [-0.2, -0.15) is 0 Å². The van der Waals surface area contributed by atoms with E-state index in [9.17, 15) is 4.79 Å². The Labute approximate surface area is 143 Å². The quantitative estimate of drug-likeness (QED) is 0.782. The van der Waals surface area contributed by atoms with Crippen LogP contribution >= 0.6 is 0 Å². The van der Waals surface area contributed by atoms with Crippen LogP contribution in [0.15, 0.2) is 59.2 Å². The van der Waals surface area contributed by atoms with Crippen molar-refractivity contribution in [3.8, 4) is 0 Å². The van der Waals surface area contributed by atoms with E-state index in [1.165, 1.54) is 18.4 Å². The molecule has 4 heteroatoms. The van der Waals surface area contributed by atoms with Gasteiger partial charge in [-0.15, -0.1) is 0 Å². The fraction of sp³-hybridized carbons (Fsp3) is 0.400. The van der Waals surface area contributed by atoms with Crippen LogP contribution in [-0.4, -0.2) is 43.3 Å². The van der Waals surface area contributed by atoms with Gasteiger partial charge in [-0.3, -0.25) is 9.79 Å². The summed E-state index contributed by atoms with van der Waals surface area (Å²) in [7, 11) is 1.75. The zero-order valence-corrected chi connectivity index (χ0v) is 14.1. The fourth-order valence-electron chi connectivity index (χ4n) is 3.27. The normalized spacial score (nSPS) is 21.9. The van der Waals surface area contributed by atoms with Crippen LogP contribution in [0.4, 0.5) is 0 Å². The standard InChI is InChI=1S/C20H24N2O2/c1-21-19-17(10-7-11-18(19)22-13-5-6-14-22)20(23)24-15-12-16-8-3-2-4-9-16/h2-4,7-11,17H,5-6,12-15H2,1H3. The number of hydrogen-bond donors (Lipinski definition) is 0. The maximum atomic E-state index is 12.5. The van der Waals surface area contributed by atoms with Crippen LogP contribution in [0.2, 0.25) is 0 Å². The number of esters is 1. The van der Waals surface area contributed by atoms with Gasteiger partial charge in [0, 0.05) is 26.6 Å². The van der Waals surface area contributed by atoms with Gasteiger partial charge in [0.25, 0.3) is 0 Å². The minimum Gasteiger partial charge on any atom is -0.465 e. The van der Waals surface area contributed by atoms with E-state index in [0.29, 0.717) is 6.61 Å². The molecule has 24 heavy (non-hydrogen) atoms. The Morgan fingerprint density at radius 1 is 1.25 bits per heavy atom. The first-order chi connectivity index (χ1) is 11.8. The Morgan fingerprint density at radius 2 is 2.00 bits per heavy atom. The average Bonchev–Trinajstić information content (AvgIpc) is 3.16. The number of aliphatic imine (C=N–C) groups is 1. The lowest BCUT2D eigenvalue weighted by Gasteiger charge is -2.27. The van der Waals surface area contributed by atoms with Crippen LogP contribution in [0.3, 0.4) is 0 Å². The second kappa shape index (κ2) is 7.95. The summed E-state index contributed by atoms with van der Waals surface area (Å²) in [6.07, 6.45) is 9.02. The van der Waals surface area contributed by atoms with Crippen molar-refractivity contribution >= 4 is 11.7 Å². The average molecular weight is 324 g/mol. The molecule has 126 valence electrons. The third-order valence-corrected chi connectivity index (χ3v) is 4.53. The third-order valence-electron chi connectivity index (χ3n) is 4.53. The number of hydrogen-bond acceptors (Lipinski definition) is 4. The van der Waals surface area contributed by atoms with Gasteiger partial charge in [-0.25, -0.2) is 0 Å². The zero-order chi connectivity index (χ0) is 16.8. The van der Waals surface area contributed by atoms with Crippen LogP contribution in [0.1, 0.15) is 18.4 Å². The molecule has 1 atom stereocenters. The monoisotopic (exact) mass is 324 g/mol. The number of likely N-dealkylation sites (tertiary alicyclic amines) is 1. The molecule has 1 unspecified atom stereocenters. The third kappa shape index (κ3) is 3.75. The van der Waals surface area contributed by atoms with Crippen LogP contribution in [0.25, 0.3) is 0 Å². The van der Waals surface area contributed by atoms with Crippen LogP contribution < -0.4 is 0 Å². The van der Waals surface area contributed by atoms with Crippen molar-refractivity contribution in [1.29, 1.82) is 0 Å². The molecule has 1 fully saturated rings. The van der Waals surface area contributed by atoms with Gasteiger partial charge in [-0.05, 0) is 24.5 Å². The number of benzene rings is 1. The van der Waals surface area contributed by atoms with Gasteiger partial charge in [0.15, 0.2) is 0 Å². The summed E-state index contributed by atoms with van der Waals surface area (Å²) in [5, 5.41) is 0. The van der Waals surface area contributed by atoms with E-state index in [0.717, 1.165) is 30.9 Å². The van der Waals surface area contributed by atoms with Gasteiger partial charge in [0.1, 0.15) is 5.92 Å². The molecular weight excluding hydrogens is 300 g/mol. The Balaban J connectivity index is 1.60. The van der Waals surface area contributed by atoms with E-state index >= 15 is 0 Å². The molecule has 0 spiro atoms. The van der Waals surface area contributed by atoms with E-state index in [4.69, 9.17) is 4.74 Å². The molecule has 0 saturated carbocycles. The summed E-state index contributed by atoms with van der Waals surface area (Å²) < 4.78 is 5.51. The Morgan fingerprint density at radius 3 is 2.71 bits per heavy atom. The molecule has 2 aliphatic rings. The van der Waals surface area contributed by atoms with Gasteiger partial charge < -0.3 is 9.64 Å². The van der Waals surface area contributed by atoms with Crippen molar-refractivity contribution < 1.29 is 9.53 Å². The maximum Gasteiger partial charge on any atom is 0.319 e. The first-order valence-corrected chi connectivity index (χ1v) is 8.60. The first kappa shape index (κ1) is 16.5. The highest BCUT2D eigenvalue weighted by Crippen LogP contribution is 2.24. The Bertz CT molecular complexity index is 655. The van der Waals surface area contributed by atoms with Crippen molar-refractivity contribution in [3.05, 3.63) is 59.8 Å². The van der Waals surface area contributed by atoms with Crippen LogP contribution in [0, 0.1) is 5.92 Å². The summed E-state index contributed by atoms with van der Waals surface area (Å²) in [4.78, 5) is 19.2. The highest BCUT2D eigenvalue weighted by molar-refractivity contribution is 6.13. The second-order valence-corrected chi connectivity index (χ2v) is 6.12. The molecular formula is C20H24N2O2. The molecule has 3 rings (SSSR count). The van der Waals surface area contributed by atoms with Crippen molar-refractivity contribution in [1.82, 2.24) is 4.90 Å². The summed E-state index contributed by atoms with van der Waals surface area (Å²) in [5.74, 6) is -0.612. The van der Waals surface area contributed by atoms with Gasteiger partial charge >= 0.3 is 5.97 Å². The molecule has 1 aliphatic carbocycles. The molecule has 0 radical (unpaired) electrons. The molecule has 1 heterocycles. The van der Waals surface area contributed by atoms with E-state index in [2.05, 4.69) is 16.0 Å². The van der Waals surface area contributed by atoms with E-state index in [-0.39, 0.29) is 5.97 Å². The lowest BCUT2D eigenvalue weighted by Crippen LogP contribution is -2.34. The number of nitrogens with zero attached hydrogens (tertiary/aromatic N) is 2. The molecule has 0 aromatic heterocycles. The lowest BCUT2D eigenvalue weighted by atomic mass is 9.95. The molecule has 1 saturated heterocycles. The van der Waals surface area contributed by atoms with Gasteiger partial charge in [0.2, 0.25) is 0 Å². The van der Waals surface area contributed by atoms with Gasteiger partial charge in [0.05, 0.1) is 18.0 Å². The smallest absolute Gasteiger partial charge is 0.319 e. The lowest BCUT2D eigenvalue weighted by molar-refractivity contribution is -0.144. The largest absolute Gasteiger partial charge is 0.465 e.